The zero-order chi connectivity index (χ0) is 12.2. The monoisotopic (exact) mass is 222 g/mol. The maximum atomic E-state index is 10.2. The van der Waals surface area contributed by atoms with Crippen LogP contribution in [-0.4, -0.2) is 10.7 Å². The molecule has 1 atom stereocenters. The van der Waals surface area contributed by atoms with E-state index < -0.39 is 5.60 Å². The van der Waals surface area contributed by atoms with E-state index in [1.165, 1.54) is 5.57 Å². The van der Waals surface area contributed by atoms with Crippen LogP contribution in [0, 0.1) is 5.41 Å². The molecule has 0 spiro atoms. The lowest BCUT2D eigenvalue weighted by molar-refractivity contribution is 0.0519. The smallest absolute Gasteiger partial charge is 0.0654 e. The maximum Gasteiger partial charge on any atom is 0.0654 e. The van der Waals surface area contributed by atoms with Crippen molar-refractivity contribution in [3.05, 3.63) is 23.8 Å². The minimum absolute atomic E-state index is 0.210. The molecule has 0 aromatic heterocycles. The first kappa shape index (κ1) is 13.5. The number of hydrogen-bond acceptors (Lipinski definition) is 1. The van der Waals surface area contributed by atoms with Crippen LogP contribution in [0.15, 0.2) is 23.8 Å². The first-order valence-corrected chi connectivity index (χ1v) is 6.37. The molecular formula is C15H26O. The second-order valence-corrected chi connectivity index (χ2v) is 6.20. The van der Waals surface area contributed by atoms with Gasteiger partial charge < -0.3 is 5.11 Å². The predicted molar refractivity (Wildman–Crippen MR) is 70.4 cm³/mol. The zero-order valence-corrected chi connectivity index (χ0v) is 11.2. The topological polar surface area (TPSA) is 20.2 Å². The van der Waals surface area contributed by atoms with Crippen LogP contribution >= 0.6 is 0 Å². The number of aliphatic hydroxyl groups is 1. The fraction of sp³-hybridized carbons (Fsp3) is 0.733. The molecule has 1 aliphatic rings. The molecule has 0 aromatic rings. The molecule has 0 heterocycles. The van der Waals surface area contributed by atoms with E-state index in [4.69, 9.17) is 0 Å². The van der Waals surface area contributed by atoms with Crippen LogP contribution < -0.4 is 0 Å². The van der Waals surface area contributed by atoms with E-state index >= 15 is 0 Å². The van der Waals surface area contributed by atoms with Gasteiger partial charge in [0.2, 0.25) is 0 Å². The Morgan fingerprint density at radius 1 is 1.19 bits per heavy atom. The van der Waals surface area contributed by atoms with Crippen molar-refractivity contribution in [2.75, 3.05) is 0 Å². The van der Waals surface area contributed by atoms with Crippen LogP contribution in [0.4, 0.5) is 0 Å². The van der Waals surface area contributed by atoms with E-state index in [1.54, 1.807) is 0 Å². The van der Waals surface area contributed by atoms with Crippen molar-refractivity contribution in [3.63, 3.8) is 0 Å². The molecule has 0 saturated carbocycles. The summed E-state index contributed by atoms with van der Waals surface area (Å²) in [6.45, 7) is 8.65. The molecule has 0 aromatic carbocycles. The van der Waals surface area contributed by atoms with Gasteiger partial charge in [-0.05, 0) is 51.4 Å². The maximum absolute atomic E-state index is 10.2. The summed E-state index contributed by atoms with van der Waals surface area (Å²) in [4.78, 5) is 0. The third-order valence-corrected chi connectivity index (χ3v) is 3.39. The molecular weight excluding hydrogens is 196 g/mol. The molecule has 1 unspecified atom stereocenters. The summed E-state index contributed by atoms with van der Waals surface area (Å²) in [7, 11) is 0. The van der Waals surface area contributed by atoms with Crippen molar-refractivity contribution in [1.82, 2.24) is 0 Å². The first-order valence-electron chi connectivity index (χ1n) is 6.37. The Hall–Kier alpha value is -0.560. The van der Waals surface area contributed by atoms with Crippen molar-refractivity contribution < 1.29 is 5.11 Å². The van der Waals surface area contributed by atoms with Crippen LogP contribution in [0.2, 0.25) is 0 Å². The number of hydrogen-bond donors (Lipinski definition) is 1. The van der Waals surface area contributed by atoms with Gasteiger partial charge in [-0.2, -0.15) is 0 Å². The van der Waals surface area contributed by atoms with Gasteiger partial charge in [-0.3, -0.25) is 0 Å². The summed E-state index contributed by atoms with van der Waals surface area (Å²) < 4.78 is 0. The van der Waals surface area contributed by atoms with E-state index in [0.717, 1.165) is 32.1 Å². The largest absolute Gasteiger partial charge is 0.390 e. The van der Waals surface area contributed by atoms with Crippen LogP contribution in [0.3, 0.4) is 0 Å². The molecule has 0 fully saturated rings. The van der Waals surface area contributed by atoms with Gasteiger partial charge in [0, 0.05) is 0 Å². The highest BCUT2D eigenvalue weighted by molar-refractivity contribution is 5.06. The standard InChI is InChI=1S/C15H26O/c1-13-7-5-10-15(4,16)11-6-9-14(2,3)12-8-13/h6,8-9,16H,5,7,10-12H2,1-4H3/b9-6-,13-8-. The molecule has 0 saturated heterocycles. The quantitative estimate of drug-likeness (QED) is 0.608. The third kappa shape index (κ3) is 4.98. The minimum atomic E-state index is -0.531. The van der Waals surface area contributed by atoms with Gasteiger partial charge in [0.1, 0.15) is 0 Å². The van der Waals surface area contributed by atoms with Crippen molar-refractivity contribution >= 4 is 0 Å². The lowest BCUT2D eigenvalue weighted by Gasteiger charge is -2.22. The number of rotatable bonds is 0. The van der Waals surface area contributed by atoms with Crippen molar-refractivity contribution in [2.24, 2.45) is 5.41 Å². The molecule has 92 valence electrons. The highest BCUT2D eigenvalue weighted by Crippen LogP contribution is 2.28. The normalized spacial score (nSPS) is 36.9. The van der Waals surface area contributed by atoms with E-state index in [1.807, 2.05) is 6.92 Å². The second-order valence-electron chi connectivity index (χ2n) is 6.20. The molecule has 0 bridgehead atoms. The Labute approximate surface area is 100 Å². The summed E-state index contributed by atoms with van der Waals surface area (Å²) >= 11 is 0. The summed E-state index contributed by atoms with van der Waals surface area (Å²) in [5.41, 5.74) is 1.14. The first-order chi connectivity index (χ1) is 7.31. The van der Waals surface area contributed by atoms with Crippen LogP contribution in [0.1, 0.15) is 59.8 Å². The Morgan fingerprint density at radius 3 is 2.56 bits per heavy atom. The molecule has 0 aliphatic heterocycles. The highest BCUT2D eigenvalue weighted by atomic mass is 16.3. The third-order valence-electron chi connectivity index (χ3n) is 3.39. The van der Waals surface area contributed by atoms with Crippen LogP contribution in [-0.2, 0) is 0 Å². The zero-order valence-electron chi connectivity index (χ0n) is 11.2. The fourth-order valence-corrected chi connectivity index (χ4v) is 2.09. The molecule has 1 rings (SSSR count). The molecule has 0 amide bonds. The Kier molecular flexibility index (Phi) is 4.37. The van der Waals surface area contributed by atoms with Gasteiger partial charge in [0.15, 0.2) is 0 Å². The summed E-state index contributed by atoms with van der Waals surface area (Å²) in [6.07, 6.45) is 11.7. The Bertz CT molecular complexity index is 282. The van der Waals surface area contributed by atoms with Gasteiger partial charge in [0.05, 0.1) is 5.60 Å². The van der Waals surface area contributed by atoms with Gasteiger partial charge in [-0.25, -0.2) is 0 Å². The minimum Gasteiger partial charge on any atom is -0.390 e. The fourth-order valence-electron chi connectivity index (χ4n) is 2.09. The molecule has 16 heavy (non-hydrogen) atoms. The molecule has 1 N–H and O–H groups in total. The van der Waals surface area contributed by atoms with Gasteiger partial charge >= 0.3 is 0 Å². The summed E-state index contributed by atoms with van der Waals surface area (Å²) in [5.74, 6) is 0. The van der Waals surface area contributed by atoms with Crippen molar-refractivity contribution in [2.45, 2.75) is 65.4 Å². The molecule has 1 nitrogen and oxygen atoms in total. The summed E-state index contributed by atoms with van der Waals surface area (Å²) in [5, 5.41) is 10.2. The molecule has 1 aliphatic carbocycles. The van der Waals surface area contributed by atoms with Gasteiger partial charge in [0.25, 0.3) is 0 Å². The van der Waals surface area contributed by atoms with Gasteiger partial charge in [-0.15, -0.1) is 0 Å². The van der Waals surface area contributed by atoms with Crippen LogP contribution in [0.5, 0.6) is 0 Å². The van der Waals surface area contributed by atoms with Gasteiger partial charge in [-0.1, -0.05) is 37.6 Å². The Morgan fingerprint density at radius 2 is 1.88 bits per heavy atom. The van der Waals surface area contributed by atoms with Crippen molar-refractivity contribution in [3.8, 4) is 0 Å². The SMILES string of the molecule is C/C1=C/CC(C)(C)/C=C\CC(C)(O)CCC1. The van der Waals surface area contributed by atoms with Crippen LogP contribution in [0.25, 0.3) is 0 Å². The lowest BCUT2D eigenvalue weighted by Crippen LogP contribution is -2.22. The van der Waals surface area contributed by atoms with E-state index in [9.17, 15) is 5.11 Å². The lowest BCUT2D eigenvalue weighted by atomic mass is 9.87. The average Bonchev–Trinajstić information content (AvgIpc) is 2.14. The van der Waals surface area contributed by atoms with E-state index in [2.05, 4.69) is 39.0 Å². The average molecular weight is 222 g/mol. The van der Waals surface area contributed by atoms with E-state index in [-0.39, 0.29) is 5.41 Å². The predicted octanol–water partition coefficient (Wildman–Crippen LogP) is 4.23. The summed E-state index contributed by atoms with van der Waals surface area (Å²) in [6, 6.07) is 0. The van der Waals surface area contributed by atoms with Crippen molar-refractivity contribution in [1.29, 1.82) is 0 Å². The number of allylic oxidation sites excluding steroid dienone is 3. The Balaban J connectivity index is 2.78. The molecule has 0 radical (unpaired) electrons. The highest BCUT2D eigenvalue weighted by Gasteiger charge is 2.20. The second kappa shape index (κ2) is 5.18. The van der Waals surface area contributed by atoms with E-state index in [0.29, 0.717) is 0 Å². The molecule has 1 heteroatoms.